The van der Waals surface area contributed by atoms with Gasteiger partial charge in [0.25, 0.3) is 5.69 Å². The number of halogens is 1. The lowest BCUT2D eigenvalue weighted by atomic mass is 9.87. The van der Waals surface area contributed by atoms with Gasteiger partial charge >= 0.3 is 11.9 Å². The largest absolute Gasteiger partial charge is 0.465 e. The fourth-order valence-electron chi connectivity index (χ4n) is 4.39. The number of azide groups is 1. The molecule has 166 valence electrons. The Balaban J connectivity index is 1.91. The molecule has 2 aliphatic carbocycles. The fraction of sp³-hybridized carbons (Fsp3) is 0.579. The standard InChI is InChI=1S/C19H21FN4O7/c1-3-29-16(25)18(20)13-9-14(19(15(13)18,22-23-21)17(26)30-4-2)31-10-11-6-5-7-12(8-11)24(27)28/h5-8,13-15H,3-4,9-10H2,1-2H3/t13-,14-,15+,18-,19+/m1/s1. The van der Waals surface area contributed by atoms with E-state index in [9.17, 15) is 19.7 Å². The van der Waals surface area contributed by atoms with Gasteiger partial charge in [0.1, 0.15) is 0 Å². The third kappa shape index (κ3) is 3.57. The van der Waals surface area contributed by atoms with Gasteiger partial charge in [-0.05, 0) is 31.4 Å². The van der Waals surface area contributed by atoms with E-state index in [0.717, 1.165) is 0 Å². The number of fused-ring (bicyclic) bond motifs is 1. The molecule has 0 amide bonds. The predicted octanol–water partition coefficient (Wildman–Crippen LogP) is 3.01. The highest BCUT2D eigenvalue weighted by Gasteiger charge is 2.86. The van der Waals surface area contributed by atoms with Gasteiger partial charge in [0.05, 0.1) is 30.8 Å². The first-order chi connectivity index (χ1) is 14.8. The summed E-state index contributed by atoms with van der Waals surface area (Å²) >= 11 is 0. The summed E-state index contributed by atoms with van der Waals surface area (Å²) in [6.07, 6.45) is -1.18. The van der Waals surface area contributed by atoms with Crippen molar-refractivity contribution in [2.45, 2.75) is 44.2 Å². The number of benzene rings is 1. The molecule has 2 saturated carbocycles. The molecule has 12 heteroatoms. The van der Waals surface area contributed by atoms with Gasteiger partial charge in [0, 0.05) is 28.9 Å². The zero-order valence-corrected chi connectivity index (χ0v) is 16.9. The Bertz CT molecular complexity index is 953. The Morgan fingerprint density at radius 1 is 1.32 bits per heavy atom. The number of nitro groups is 1. The highest BCUT2D eigenvalue weighted by Crippen LogP contribution is 2.69. The second-order valence-electron chi connectivity index (χ2n) is 7.27. The Kier molecular flexibility index (Phi) is 6.14. The number of hydrogen-bond donors (Lipinski definition) is 0. The van der Waals surface area contributed by atoms with E-state index in [2.05, 4.69) is 10.0 Å². The van der Waals surface area contributed by atoms with Crippen LogP contribution in [0.25, 0.3) is 10.4 Å². The van der Waals surface area contributed by atoms with Crippen LogP contribution in [0.3, 0.4) is 0 Å². The molecule has 31 heavy (non-hydrogen) atoms. The smallest absolute Gasteiger partial charge is 0.344 e. The first kappa shape index (κ1) is 22.4. The number of carbonyl (C=O) groups excluding carboxylic acids is 2. The monoisotopic (exact) mass is 436 g/mol. The van der Waals surface area contributed by atoms with E-state index in [4.69, 9.17) is 19.7 Å². The molecule has 0 heterocycles. The molecule has 0 bridgehead atoms. The highest BCUT2D eigenvalue weighted by molar-refractivity contribution is 5.92. The van der Waals surface area contributed by atoms with Gasteiger partial charge < -0.3 is 14.2 Å². The van der Waals surface area contributed by atoms with E-state index in [-0.39, 0.29) is 31.9 Å². The average Bonchev–Trinajstić information content (AvgIpc) is 3.19. The number of carbonyl (C=O) groups is 2. The third-order valence-corrected chi connectivity index (χ3v) is 5.69. The minimum absolute atomic E-state index is 0.0510. The lowest BCUT2D eigenvalue weighted by Gasteiger charge is -2.33. The van der Waals surface area contributed by atoms with Crippen LogP contribution in [0.5, 0.6) is 0 Å². The first-order valence-electron chi connectivity index (χ1n) is 9.71. The van der Waals surface area contributed by atoms with Crippen molar-refractivity contribution in [3.05, 3.63) is 50.4 Å². The van der Waals surface area contributed by atoms with Crippen LogP contribution in [-0.4, -0.2) is 47.4 Å². The van der Waals surface area contributed by atoms with Crippen LogP contribution in [0, 0.1) is 22.0 Å². The van der Waals surface area contributed by atoms with Crippen molar-refractivity contribution in [1.29, 1.82) is 0 Å². The summed E-state index contributed by atoms with van der Waals surface area (Å²) in [5, 5.41) is 14.6. The fourth-order valence-corrected chi connectivity index (χ4v) is 4.39. The number of hydrogen-bond acceptors (Lipinski definition) is 8. The van der Waals surface area contributed by atoms with Crippen LogP contribution in [-0.2, 0) is 30.4 Å². The minimum atomic E-state index is -2.48. The molecule has 2 fully saturated rings. The predicted molar refractivity (Wildman–Crippen MR) is 102 cm³/mol. The third-order valence-electron chi connectivity index (χ3n) is 5.69. The molecule has 2 aliphatic rings. The van der Waals surface area contributed by atoms with Crippen LogP contribution >= 0.6 is 0 Å². The van der Waals surface area contributed by atoms with Gasteiger partial charge in [-0.3, -0.25) is 14.9 Å². The summed E-state index contributed by atoms with van der Waals surface area (Å²) < 4.78 is 31.1. The van der Waals surface area contributed by atoms with Crippen molar-refractivity contribution in [3.63, 3.8) is 0 Å². The molecule has 11 nitrogen and oxygen atoms in total. The lowest BCUT2D eigenvalue weighted by molar-refractivity contribution is -0.385. The van der Waals surface area contributed by atoms with Gasteiger partial charge in [0.2, 0.25) is 5.67 Å². The highest BCUT2D eigenvalue weighted by atomic mass is 19.1. The molecule has 0 saturated heterocycles. The summed E-state index contributed by atoms with van der Waals surface area (Å²) in [5.74, 6) is -4.35. The minimum Gasteiger partial charge on any atom is -0.465 e. The normalized spacial score (nSPS) is 30.6. The molecule has 3 rings (SSSR count). The second kappa shape index (κ2) is 8.48. The van der Waals surface area contributed by atoms with Gasteiger partial charge in [0.15, 0.2) is 5.54 Å². The van der Waals surface area contributed by atoms with Crippen molar-refractivity contribution in [3.8, 4) is 0 Å². The molecule has 0 N–H and O–H groups in total. The summed E-state index contributed by atoms with van der Waals surface area (Å²) in [6, 6.07) is 5.67. The number of ether oxygens (including phenoxy) is 3. The maximum absolute atomic E-state index is 15.5. The van der Waals surface area contributed by atoms with Crippen molar-refractivity contribution in [2.24, 2.45) is 17.0 Å². The summed E-state index contributed by atoms with van der Waals surface area (Å²) in [5.41, 5.74) is 4.85. The van der Waals surface area contributed by atoms with Crippen LogP contribution < -0.4 is 0 Å². The number of nitro benzene ring substituents is 1. The van der Waals surface area contributed by atoms with E-state index >= 15 is 4.39 Å². The molecular weight excluding hydrogens is 415 g/mol. The van der Waals surface area contributed by atoms with Crippen molar-refractivity contribution in [2.75, 3.05) is 13.2 Å². The zero-order valence-electron chi connectivity index (χ0n) is 16.9. The van der Waals surface area contributed by atoms with Gasteiger partial charge in [-0.2, -0.15) is 0 Å². The molecule has 0 spiro atoms. The van der Waals surface area contributed by atoms with Crippen LogP contribution in [0.4, 0.5) is 10.1 Å². The molecular formula is C19H21FN4O7. The molecule has 0 aromatic heterocycles. The van der Waals surface area contributed by atoms with E-state index < -0.39 is 46.0 Å². The summed E-state index contributed by atoms with van der Waals surface area (Å²) in [6.45, 7) is 2.79. The van der Waals surface area contributed by atoms with E-state index in [1.807, 2.05) is 0 Å². The number of non-ortho nitro benzene ring substituents is 1. The van der Waals surface area contributed by atoms with Crippen molar-refractivity contribution < 1.29 is 33.1 Å². The topological polar surface area (TPSA) is 154 Å². The molecule has 0 unspecified atom stereocenters. The first-order valence-corrected chi connectivity index (χ1v) is 9.71. The number of esters is 2. The maximum Gasteiger partial charge on any atom is 0.344 e. The van der Waals surface area contributed by atoms with Crippen LogP contribution in [0.15, 0.2) is 29.4 Å². The molecule has 1 aromatic carbocycles. The van der Waals surface area contributed by atoms with Crippen molar-refractivity contribution >= 4 is 17.6 Å². The Hall–Kier alpha value is -3.24. The van der Waals surface area contributed by atoms with Gasteiger partial charge in [-0.25, -0.2) is 9.18 Å². The lowest BCUT2D eigenvalue weighted by Crippen LogP contribution is -2.53. The quantitative estimate of drug-likeness (QED) is 0.144. The van der Waals surface area contributed by atoms with Gasteiger partial charge in [-0.15, -0.1) is 0 Å². The maximum atomic E-state index is 15.5. The van der Waals surface area contributed by atoms with Crippen LogP contribution in [0.2, 0.25) is 0 Å². The Labute approximate surface area is 176 Å². The molecule has 5 atom stereocenters. The molecule has 0 radical (unpaired) electrons. The van der Waals surface area contributed by atoms with E-state index in [0.29, 0.717) is 5.56 Å². The second-order valence-corrected chi connectivity index (χ2v) is 7.27. The number of nitrogens with zero attached hydrogens (tertiary/aromatic N) is 4. The van der Waals surface area contributed by atoms with E-state index in [1.54, 1.807) is 6.07 Å². The van der Waals surface area contributed by atoms with Crippen molar-refractivity contribution in [1.82, 2.24) is 0 Å². The summed E-state index contributed by atoms with van der Waals surface area (Å²) in [7, 11) is 0. The van der Waals surface area contributed by atoms with Crippen LogP contribution in [0.1, 0.15) is 25.8 Å². The molecule has 0 aliphatic heterocycles. The van der Waals surface area contributed by atoms with Gasteiger partial charge in [-0.1, -0.05) is 17.2 Å². The van der Waals surface area contributed by atoms with E-state index in [1.165, 1.54) is 32.0 Å². The Morgan fingerprint density at radius 2 is 2.00 bits per heavy atom. The Morgan fingerprint density at radius 3 is 2.61 bits per heavy atom. The number of alkyl halides is 1. The average molecular weight is 436 g/mol. The molecule has 1 aromatic rings. The summed E-state index contributed by atoms with van der Waals surface area (Å²) in [4.78, 5) is 38.2. The number of rotatable bonds is 9. The SMILES string of the molecule is CCOC(=O)[C@@]1(F)[C@@H]2C[C@@H](OCc3cccc([N+](=O)[O-])c3)[C@@](N=[N+]=[N-])(C(=O)OCC)[C@@H]21. The zero-order chi connectivity index (χ0) is 22.8.